The van der Waals surface area contributed by atoms with Gasteiger partial charge in [0.05, 0.1) is 7.11 Å². The van der Waals surface area contributed by atoms with E-state index in [1.807, 2.05) is 72.8 Å². The lowest BCUT2D eigenvalue weighted by atomic mass is 9.96. The van der Waals surface area contributed by atoms with Crippen LogP contribution in [-0.4, -0.2) is 20.3 Å². The van der Waals surface area contributed by atoms with Gasteiger partial charge in [-0.15, -0.1) is 0 Å². The molecule has 0 aliphatic rings. The van der Waals surface area contributed by atoms with Crippen LogP contribution in [0.5, 0.6) is 0 Å². The molecule has 4 aromatic carbocycles. The molecule has 0 radical (unpaired) electrons. The van der Waals surface area contributed by atoms with Gasteiger partial charge in [-0.1, -0.05) is 97.1 Å². The second kappa shape index (κ2) is 13.6. The molecular weight excluding hydrogens is 529 g/mol. The minimum absolute atomic E-state index is 0.273. The Balaban J connectivity index is 0.000000714. The molecule has 41 heavy (non-hydrogen) atoms. The Labute approximate surface area is 236 Å². The Kier molecular flexibility index (Phi) is 9.69. The lowest BCUT2D eigenvalue weighted by molar-refractivity contribution is -0.689. The van der Waals surface area contributed by atoms with Gasteiger partial charge in [0.15, 0.2) is 0 Å². The van der Waals surface area contributed by atoms with Gasteiger partial charge >= 0.3 is 13.2 Å². The maximum Gasteiger partial charge on any atom is 0.673 e. The minimum atomic E-state index is -6.00. The Morgan fingerprint density at radius 3 is 1.39 bits per heavy atom. The predicted octanol–water partition coefficient (Wildman–Crippen LogP) is 8.23. The van der Waals surface area contributed by atoms with E-state index >= 15 is 0 Å². The van der Waals surface area contributed by atoms with Crippen molar-refractivity contribution in [3.05, 3.63) is 139 Å². The summed E-state index contributed by atoms with van der Waals surface area (Å²) in [5, 5.41) is 0. The molecule has 0 amide bonds. The Hall–Kier alpha value is -4.72. The van der Waals surface area contributed by atoms with E-state index in [1.54, 1.807) is 0 Å². The summed E-state index contributed by atoms with van der Waals surface area (Å²) in [5.41, 5.74) is 7.28. The van der Waals surface area contributed by atoms with Crippen LogP contribution in [0.1, 0.15) is 11.6 Å². The highest BCUT2D eigenvalue weighted by molar-refractivity contribution is 6.50. The molecule has 208 valence electrons. The molecule has 0 saturated carbocycles. The third-order valence-electron chi connectivity index (χ3n) is 6.41. The second-order valence-corrected chi connectivity index (χ2v) is 9.21. The Bertz CT molecular complexity index is 1480. The van der Waals surface area contributed by atoms with Crippen molar-refractivity contribution in [2.45, 2.75) is 12.5 Å². The topological polar surface area (TPSA) is 30.2 Å². The summed E-state index contributed by atoms with van der Waals surface area (Å²) in [6, 6.07) is 44.8. The fourth-order valence-electron chi connectivity index (χ4n) is 4.65. The third kappa shape index (κ3) is 8.14. The molecule has 0 N–H and O–H groups in total. The Morgan fingerprint density at radius 2 is 1.00 bits per heavy atom. The first-order valence-corrected chi connectivity index (χ1v) is 13.0. The minimum Gasteiger partial charge on any atom is -0.464 e. The quantitative estimate of drug-likeness (QED) is 0.0874. The van der Waals surface area contributed by atoms with Crippen molar-refractivity contribution in [2.75, 3.05) is 7.11 Å². The van der Waals surface area contributed by atoms with Crippen LogP contribution < -0.4 is 4.57 Å². The first-order chi connectivity index (χ1) is 19.7. The van der Waals surface area contributed by atoms with E-state index in [1.165, 1.54) is 7.11 Å². The molecule has 0 aliphatic heterocycles. The van der Waals surface area contributed by atoms with Crippen molar-refractivity contribution in [1.29, 1.82) is 0 Å². The highest BCUT2D eigenvalue weighted by atomic mass is 19.5. The summed E-state index contributed by atoms with van der Waals surface area (Å²) >= 11 is 0. The van der Waals surface area contributed by atoms with E-state index < -0.39 is 13.3 Å². The van der Waals surface area contributed by atoms with Crippen LogP contribution in [0.15, 0.2) is 133 Å². The summed E-state index contributed by atoms with van der Waals surface area (Å²) in [4.78, 5) is 13.4. The van der Waals surface area contributed by atoms with Gasteiger partial charge in [-0.3, -0.25) is 0 Å². The predicted molar refractivity (Wildman–Crippen MR) is 154 cm³/mol. The fourth-order valence-corrected chi connectivity index (χ4v) is 4.65. The number of aromatic nitrogens is 1. The smallest absolute Gasteiger partial charge is 0.464 e. The van der Waals surface area contributed by atoms with E-state index in [4.69, 9.17) is 4.74 Å². The van der Waals surface area contributed by atoms with E-state index in [-0.39, 0.29) is 5.97 Å². The van der Waals surface area contributed by atoms with Gasteiger partial charge in [-0.05, 0) is 41.0 Å². The van der Waals surface area contributed by atoms with E-state index in [0.717, 1.165) is 39.2 Å². The molecule has 1 atom stereocenters. The zero-order valence-electron chi connectivity index (χ0n) is 22.3. The number of rotatable bonds is 7. The highest BCUT2D eigenvalue weighted by Gasteiger charge is 2.36. The van der Waals surface area contributed by atoms with E-state index in [0.29, 0.717) is 6.42 Å². The van der Waals surface area contributed by atoms with Crippen LogP contribution >= 0.6 is 0 Å². The van der Waals surface area contributed by atoms with Crippen LogP contribution in [0.2, 0.25) is 0 Å². The lowest BCUT2D eigenvalue weighted by Gasteiger charge is -2.19. The SMILES string of the molecule is COC(=O)C(Cc1ccccc1)[n+]1c(-c2ccccc2)cc(-c2ccccc2)cc1-c1ccccc1.F[B-](F)(F)F. The van der Waals surface area contributed by atoms with Crippen LogP contribution in [0.4, 0.5) is 17.3 Å². The van der Waals surface area contributed by atoms with Crippen molar-refractivity contribution < 1.29 is 31.4 Å². The van der Waals surface area contributed by atoms with Crippen molar-refractivity contribution in [3.8, 4) is 33.6 Å². The largest absolute Gasteiger partial charge is 0.673 e. The van der Waals surface area contributed by atoms with Crippen LogP contribution in [0.3, 0.4) is 0 Å². The summed E-state index contributed by atoms with van der Waals surface area (Å²) in [5.74, 6) is -0.273. The molecule has 0 fully saturated rings. The van der Waals surface area contributed by atoms with E-state index in [9.17, 15) is 22.1 Å². The molecule has 0 saturated heterocycles. The first-order valence-electron chi connectivity index (χ1n) is 13.0. The standard InChI is InChI=1S/C33H28NO2.BF4/c1-36-33(35)32(22-25-14-6-2-7-15-25)34-30(27-18-10-4-11-19-27)23-29(26-16-8-3-9-17-26)24-31(34)28-20-12-5-13-21-28;2-1(3,4)5/h2-21,23-24,32H,22H2,1H3;/q+1;-1. The molecule has 0 bridgehead atoms. The monoisotopic (exact) mass is 557 g/mol. The molecule has 1 aromatic heterocycles. The molecular formula is C33H28BF4NO2. The maximum absolute atomic E-state index is 13.4. The number of hydrogen-bond acceptors (Lipinski definition) is 2. The van der Waals surface area contributed by atoms with Crippen LogP contribution in [0.25, 0.3) is 33.6 Å². The zero-order chi connectivity index (χ0) is 29.2. The molecule has 3 nitrogen and oxygen atoms in total. The summed E-state index contributed by atoms with van der Waals surface area (Å²) in [6.45, 7) is 0. The van der Waals surface area contributed by atoms with Gasteiger partial charge < -0.3 is 22.0 Å². The van der Waals surface area contributed by atoms with Gasteiger partial charge in [0.1, 0.15) is 0 Å². The average Bonchev–Trinajstić information content (AvgIpc) is 3.00. The first kappa shape index (κ1) is 29.3. The number of benzene rings is 4. The van der Waals surface area contributed by atoms with Gasteiger partial charge in [0, 0.05) is 29.7 Å². The molecule has 5 aromatic rings. The summed E-state index contributed by atoms with van der Waals surface area (Å²) in [7, 11) is -4.54. The molecule has 0 spiro atoms. The summed E-state index contributed by atoms with van der Waals surface area (Å²) in [6.07, 6.45) is 0.516. The number of pyridine rings is 1. The Morgan fingerprint density at radius 1 is 0.634 bits per heavy atom. The number of methoxy groups -OCH3 is 1. The third-order valence-corrected chi connectivity index (χ3v) is 6.41. The zero-order valence-corrected chi connectivity index (χ0v) is 22.3. The molecule has 8 heteroatoms. The van der Waals surface area contributed by atoms with Crippen LogP contribution in [0, 0.1) is 0 Å². The molecule has 0 aliphatic carbocycles. The molecule has 1 heterocycles. The van der Waals surface area contributed by atoms with Gasteiger partial charge in [-0.2, -0.15) is 4.57 Å². The van der Waals surface area contributed by atoms with Crippen LogP contribution in [-0.2, 0) is 16.0 Å². The lowest BCUT2D eigenvalue weighted by Crippen LogP contribution is -2.49. The average molecular weight is 557 g/mol. The number of carbonyl (C=O) groups excluding carboxylic acids is 1. The normalized spacial score (nSPS) is 11.6. The number of ether oxygens (including phenoxy) is 1. The molecule has 5 rings (SSSR count). The van der Waals surface area contributed by atoms with Crippen molar-refractivity contribution in [3.63, 3.8) is 0 Å². The van der Waals surface area contributed by atoms with Gasteiger partial charge in [-0.25, -0.2) is 4.79 Å². The number of esters is 1. The van der Waals surface area contributed by atoms with Crippen molar-refractivity contribution >= 4 is 13.2 Å². The van der Waals surface area contributed by atoms with Crippen molar-refractivity contribution in [1.82, 2.24) is 0 Å². The van der Waals surface area contributed by atoms with Gasteiger partial charge in [0.2, 0.25) is 11.4 Å². The summed E-state index contributed by atoms with van der Waals surface area (Å²) < 4.78 is 46.5. The van der Waals surface area contributed by atoms with E-state index in [2.05, 4.69) is 65.2 Å². The number of carbonyl (C=O) groups is 1. The molecule has 1 unspecified atom stereocenters. The number of hydrogen-bond donors (Lipinski definition) is 0. The number of nitrogens with zero attached hydrogens (tertiary/aromatic N) is 1. The highest BCUT2D eigenvalue weighted by Crippen LogP contribution is 2.31. The number of halogens is 4. The second-order valence-electron chi connectivity index (χ2n) is 9.21. The van der Waals surface area contributed by atoms with Gasteiger partial charge in [0.25, 0.3) is 6.04 Å². The maximum atomic E-state index is 13.4. The fraction of sp³-hybridized carbons (Fsp3) is 0.0909. The van der Waals surface area contributed by atoms with Crippen molar-refractivity contribution in [2.24, 2.45) is 0 Å².